The van der Waals surface area contributed by atoms with Crippen LogP contribution in [0.3, 0.4) is 0 Å². The van der Waals surface area contributed by atoms with Crippen LogP contribution in [0.4, 0.5) is 11.5 Å². The van der Waals surface area contributed by atoms with Crippen molar-refractivity contribution >= 4 is 11.5 Å². The zero-order chi connectivity index (χ0) is 13.4. The van der Waals surface area contributed by atoms with Gasteiger partial charge in [0.1, 0.15) is 5.82 Å². The minimum atomic E-state index is 0.593. The van der Waals surface area contributed by atoms with E-state index >= 15 is 0 Å². The molecular formula is C15H20N4. The van der Waals surface area contributed by atoms with Crippen molar-refractivity contribution in [3.8, 4) is 0 Å². The minimum Gasteiger partial charge on any atom is -0.394 e. The highest BCUT2D eigenvalue weighted by Crippen LogP contribution is 2.35. The summed E-state index contributed by atoms with van der Waals surface area (Å²) < 4.78 is 1.85. The van der Waals surface area contributed by atoms with E-state index in [1.54, 1.807) is 0 Å². The first-order valence-electron chi connectivity index (χ1n) is 6.83. The van der Waals surface area contributed by atoms with Crippen LogP contribution < -0.4 is 11.1 Å². The molecule has 0 saturated carbocycles. The van der Waals surface area contributed by atoms with Gasteiger partial charge < -0.3 is 11.1 Å². The Morgan fingerprint density at radius 1 is 1.42 bits per heavy atom. The fourth-order valence-electron chi connectivity index (χ4n) is 2.83. The van der Waals surface area contributed by atoms with E-state index in [0.717, 1.165) is 36.6 Å². The van der Waals surface area contributed by atoms with Crippen molar-refractivity contribution in [2.24, 2.45) is 7.05 Å². The number of nitrogens with one attached hydrogen (secondary N) is 1. The molecule has 1 unspecified atom stereocenters. The van der Waals surface area contributed by atoms with Crippen LogP contribution in [0.15, 0.2) is 24.3 Å². The molecule has 19 heavy (non-hydrogen) atoms. The Bertz CT molecular complexity index is 600. The summed E-state index contributed by atoms with van der Waals surface area (Å²) in [6, 6.07) is 8.64. The number of fused-ring (bicyclic) bond motifs is 1. The second-order valence-corrected chi connectivity index (χ2v) is 5.17. The van der Waals surface area contributed by atoms with Gasteiger partial charge in [-0.25, -0.2) is 0 Å². The molecule has 1 aromatic heterocycles. The average molecular weight is 256 g/mol. The first kappa shape index (κ1) is 12.1. The third-order valence-electron chi connectivity index (χ3n) is 3.97. The van der Waals surface area contributed by atoms with Gasteiger partial charge in [0.15, 0.2) is 0 Å². The first-order chi connectivity index (χ1) is 9.20. The average Bonchev–Trinajstić information content (AvgIpc) is 2.66. The van der Waals surface area contributed by atoms with Gasteiger partial charge in [-0.1, -0.05) is 31.2 Å². The van der Waals surface area contributed by atoms with Crippen LogP contribution in [0.1, 0.15) is 29.7 Å². The molecule has 0 amide bonds. The number of nitrogen functional groups attached to an aromatic ring is 1. The fourth-order valence-corrected chi connectivity index (χ4v) is 2.83. The molecule has 0 radical (unpaired) electrons. The summed E-state index contributed by atoms with van der Waals surface area (Å²) in [7, 11) is 1.94. The summed E-state index contributed by atoms with van der Waals surface area (Å²) in [5.41, 5.74) is 10.8. The van der Waals surface area contributed by atoms with E-state index in [9.17, 15) is 0 Å². The summed E-state index contributed by atoms with van der Waals surface area (Å²) in [5.74, 6) is 1.54. The van der Waals surface area contributed by atoms with Gasteiger partial charge in [-0.15, -0.1) is 0 Å². The molecule has 3 rings (SSSR count). The number of nitrogens with two attached hydrogens (primary N) is 1. The topological polar surface area (TPSA) is 55.9 Å². The molecule has 0 aliphatic heterocycles. The molecule has 1 aliphatic carbocycles. The lowest BCUT2D eigenvalue weighted by Gasteiger charge is -2.30. The third-order valence-corrected chi connectivity index (χ3v) is 3.97. The Hall–Kier alpha value is -1.97. The molecular weight excluding hydrogens is 236 g/mol. The SMILES string of the molecule is CCc1nn(C)c(NCC2Cc3ccccc32)c1N. The molecule has 0 bridgehead atoms. The second kappa shape index (κ2) is 4.61. The van der Waals surface area contributed by atoms with E-state index in [0.29, 0.717) is 5.92 Å². The highest BCUT2D eigenvalue weighted by Gasteiger charge is 2.25. The summed E-state index contributed by atoms with van der Waals surface area (Å²) >= 11 is 0. The molecule has 0 fully saturated rings. The number of benzene rings is 1. The van der Waals surface area contributed by atoms with E-state index in [-0.39, 0.29) is 0 Å². The summed E-state index contributed by atoms with van der Waals surface area (Å²) in [6.07, 6.45) is 2.02. The van der Waals surface area contributed by atoms with Crippen molar-refractivity contribution in [2.75, 3.05) is 17.6 Å². The molecule has 2 aromatic rings. The maximum Gasteiger partial charge on any atom is 0.147 e. The number of aryl methyl sites for hydroxylation is 2. The summed E-state index contributed by atoms with van der Waals surface area (Å²) in [4.78, 5) is 0. The largest absolute Gasteiger partial charge is 0.394 e. The Labute approximate surface area is 113 Å². The number of hydrogen-bond acceptors (Lipinski definition) is 3. The van der Waals surface area contributed by atoms with Crippen molar-refractivity contribution in [1.82, 2.24) is 9.78 Å². The monoisotopic (exact) mass is 256 g/mol. The van der Waals surface area contributed by atoms with Crippen LogP contribution in [0.5, 0.6) is 0 Å². The quantitative estimate of drug-likeness (QED) is 0.882. The van der Waals surface area contributed by atoms with Gasteiger partial charge in [-0.2, -0.15) is 5.10 Å². The van der Waals surface area contributed by atoms with E-state index in [1.807, 2.05) is 11.7 Å². The molecule has 0 spiro atoms. The molecule has 1 aromatic carbocycles. The fraction of sp³-hybridized carbons (Fsp3) is 0.400. The minimum absolute atomic E-state index is 0.593. The highest BCUT2D eigenvalue weighted by molar-refractivity contribution is 5.65. The van der Waals surface area contributed by atoms with Crippen LogP contribution >= 0.6 is 0 Å². The van der Waals surface area contributed by atoms with Crippen LogP contribution in [0, 0.1) is 0 Å². The Balaban J connectivity index is 1.70. The van der Waals surface area contributed by atoms with Crippen LogP contribution in [-0.2, 0) is 19.9 Å². The Morgan fingerprint density at radius 2 is 2.21 bits per heavy atom. The van der Waals surface area contributed by atoms with Crippen LogP contribution in [0.2, 0.25) is 0 Å². The molecule has 100 valence electrons. The Kier molecular flexibility index (Phi) is 2.93. The van der Waals surface area contributed by atoms with Crippen molar-refractivity contribution in [2.45, 2.75) is 25.7 Å². The molecule has 4 heteroatoms. The molecule has 1 heterocycles. The molecule has 3 N–H and O–H groups in total. The first-order valence-corrected chi connectivity index (χ1v) is 6.83. The maximum absolute atomic E-state index is 6.11. The standard InChI is InChI=1S/C15H20N4/c1-3-13-14(16)15(19(2)18-13)17-9-11-8-10-6-4-5-7-12(10)11/h4-7,11,17H,3,8-9,16H2,1-2H3. The molecule has 1 aliphatic rings. The number of nitrogens with zero attached hydrogens (tertiary/aromatic N) is 2. The Morgan fingerprint density at radius 3 is 2.89 bits per heavy atom. The predicted molar refractivity (Wildman–Crippen MR) is 78.4 cm³/mol. The number of rotatable bonds is 4. The molecule has 4 nitrogen and oxygen atoms in total. The van der Waals surface area contributed by atoms with Crippen LogP contribution in [0.25, 0.3) is 0 Å². The van der Waals surface area contributed by atoms with Gasteiger partial charge in [-0.05, 0) is 24.0 Å². The normalized spacial score (nSPS) is 16.8. The van der Waals surface area contributed by atoms with E-state index < -0.39 is 0 Å². The van der Waals surface area contributed by atoms with E-state index in [1.165, 1.54) is 11.1 Å². The van der Waals surface area contributed by atoms with Gasteiger partial charge in [0.2, 0.25) is 0 Å². The smallest absolute Gasteiger partial charge is 0.147 e. The lowest BCUT2D eigenvalue weighted by Crippen LogP contribution is -2.25. The second-order valence-electron chi connectivity index (χ2n) is 5.17. The van der Waals surface area contributed by atoms with E-state index in [4.69, 9.17) is 5.73 Å². The van der Waals surface area contributed by atoms with Gasteiger partial charge >= 0.3 is 0 Å². The number of aromatic nitrogens is 2. The maximum atomic E-state index is 6.11. The molecule has 1 atom stereocenters. The van der Waals surface area contributed by atoms with Crippen molar-refractivity contribution in [3.05, 3.63) is 41.1 Å². The molecule has 0 saturated heterocycles. The lowest BCUT2D eigenvalue weighted by molar-refractivity contribution is 0.630. The van der Waals surface area contributed by atoms with E-state index in [2.05, 4.69) is 41.6 Å². The van der Waals surface area contributed by atoms with Crippen molar-refractivity contribution < 1.29 is 0 Å². The van der Waals surface area contributed by atoms with Crippen LogP contribution in [-0.4, -0.2) is 16.3 Å². The van der Waals surface area contributed by atoms with Gasteiger partial charge in [0, 0.05) is 19.5 Å². The zero-order valence-corrected chi connectivity index (χ0v) is 11.5. The number of hydrogen-bond donors (Lipinski definition) is 2. The lowest BCUT2D eigenvalue weighted by atomic mass is 9.77. The number of anilines is 2. The summed E-state index contributed by atoms with van der Waals surface area (Å²) in [5, 5.41) is 7.88. The highest BCUT2D eigenvalue weighted by atomic mass is 15.3. The van der Waals surface area contributed by atoms with Gasteiger partial charge in [0.25, 0.3) is 0 Å². The van der Waals surface area contributed by atoms with Crippen molar-refractivity contribution in [1.29, 1.82) is 0 Å². The van der Waals surface area contributed by atoms with Gasteiger partial charge in [0.05, 0.1) is 11.4 Å². The third kappa shape index (κ3) is 1.97. The summed E-state index contributed by atoms with van der Waals surface area (Å²) in [6.45, 7) is 2.99. The van der Waals surface area contributed by atoms with Crippen molar-refractivity contribution in [3.63, 3.8) is 0 Å². The zero-order valence-electron chi connectivity index (χ0n) is 11.5. The van der Waals surface area contributed by atoms with Gasteiger partial charge in [-0.3, -0.25) is 4.68 Å². The predicted octanol–water partition coefficient (Wildman–Crippen LogP) is 2.32.